The van der Waals surface area contributed by atoms with Crippen LogP contribution in [0.1, 0.15) is 41.0 Å². The van der Waals surface area contributed by atoms with Gasteiger partial charge in [-0.3, -0.25) is 24.1 Å². The minimum absolute atomic E-state index is 0.0386. The number of esters is 2. The highest BCUT2D eigenvalue weighted by atomic mass is 16.6. The first-order chi connectivity index (χ1) is 11.5. The van der Waals surface area contributed by atoms with Gasteiger partial charge in [-0.1, -0.05) is 12.1 Å². The van der Waals surface area contributed by atoms with Crippen LogP contribution in [0.5, 0.6) is 0 Å². The molecule has 0 radical (unpaired) electrons. The molecular weight excluding hydrogens is 314 g/mol. The van der Waals surface area contributed by atoms with Crippen molar-refractivity contribution in [3.63, 3.8) is 0 Å². The summed E-state index contributed by atoms with van der Waals surface area (Å²) in [4.78, 5) is 49.5. The Kier molecular flexibility index (Phi) is 5.68. The Morgan fingerprint density at radius 2 is 1.42 bits per heavy atom. The molecule has 0 unspecified atom stereocenters. The summed E-state index contributed by atoms with van der Waals surface area (Å²) < 4.78 is 9.75. The number of carbonyl (C=O) groups excluding carboxylic acids is 4. The fourth-order valence-electron chi connectivity index (χ4n) is 2.52. The zero-order valence-electron chi connectivity index (χ0n) is 13.6. The van der Waals surface area contributed by atoms with Crippen LogP contribution in [0.2, 0.25) is 0 Å². The van der Waals surface area contributed by atoms with Crippen molar-refractivity contribution in [3.05, 3.63) is 35.4 Å². The van der Waals surface area contributed by atoms with E-state index in [-0.39, 0.29) is 26.2 Å². The van der Waals surface area contributed by atoms with Gasteiger partial charge in [-0.15, -0.1) is 0 Å². The van der Waals surface area contributed by atoms with Gasteiger partial charge >= 0.3 is 11.9 Å². The van der Waals surface area contributed by atoms with Crippen molar-refractivity contribution < 1.29 is 28.7 Å². The summed E-state index contributed by atoms with van der Waals surface area (Å²) in [5.41, 5.74) is 0.651. The zero-order chi connectivity index (χ0) is 17.7. The zero-order valence-corrected chi connectivity index (χ0v) is 13.6. The molecule has 0 aromatic heterocycles. The number of rotatable bonds is 7. The summed E-state index contributed by atoms with van der Waals surface area (Å²) in [6.07, 6.45) is -0.0386. The number of amides is 2. The van der Waals surface area contributed by atoms with Gasteiger partial charge in [-0.2, -0.15) is 0 Å². The van der Waals surface area contributed by atoms with Gasteiger partial charge in [0, 0.05) is 6.54 Å². The Bertz CT molecular complexity index is 616. The standard InChI is InChI=1S/C17H19NO6/c1-3-23-16(21)13(17(22)24-4-2)9-10-18-14(19)11-7-5-6-8-12(11)15(18)20/h5-8,13H,3-4,9-10H2,1-2H3. The second-order valence-electron chi connectivity index (χ2n) is 5.15. The molecule has 1 aliphatic heterocycles. The van der Waals surface area contributed by atoms with Crippen LogP contribution in [-0.4, -0.2) is 48.4 Å². The van der Waals surface area contributed by atoms with Gasteiger partial charge in [-0.25, -0.2) is 0 Å². The number of imide groups is 1. The van der Waals surface area contributed by atoms with Crippen LogP contribution in [0.4, 0.5) is 0 Å². The van der Waals surface area contributed by atoms with Crippen molar-refractivity contribution >= 4 is 23.8 Å². The average Bonchev–Trinajstić information content (AvgIpc) is 2.81. The smallest absolute Gasteiger partial charge is 0.320 e. The van der Waals surface area contributed by atoms with Gasteiger partial charge < -0.3 is 9.47 Å². The second kappa shape index (κ2) is 7.72. The number of benzene rings is 1. The van der Waals surface area contributed by atoms with Crippen LogP contribution in [-0.2, 0) is 19.1 Å². The van der Waals surface area contributed by atoms with Gasteiger partial charge in [0.15, 0.2) is 5.92 Å². The maximum atomic E-state index is 12.3. The lowest BCUT2D eigenvalue weighted by atomic mass is 10.1. The van der Waals surface area contributed by atoms with Crippen molar-refractivity contribution in [1.82, 2.24) is 4.90 Å². The maximum absolute atomic E-state index is 12.3. The third-order valence-electron chi connectivity index (χ3n) is 3.66. The number of fused-ring (bicyclic) bond motifs is 1. The average molecular weight is 333 g/mol. The van der Waals surface area contributed by atoms with Crippen LogP contribution < -0.4 is 0 Å². The molecule has 0 aliphatic carbocycles. The Morgan fingerprint density at radius 3 is 1.83 bits per heavy atom. The van der Waals surface area contributed by atoms with E-state index in [0.717, 1.165) is 4.90 Å². The third-order valence-corrected chi connectivity index (χ3v) is 3.66. The number of carbonyl (C=O) groups is 4. The van der Waals surface area contributed by atoms with Crippen LogP contribution >= 0.6 is 0 Å². The molecule has 128 valence electrons. The fraction of sp³-hybridized carbons (Fsp3) is 0.412. The van der Waals surface area contributed by atoms with E-state index in [2.05, 4.69) is 0 Å². The van der Waals surface area contributed by atoms with Gasteiger partial charge in [0.05, 0.1) is 24.3 Å². The molecule has 0 fully saturated rings. The Labute approximate surface area is 139 Å². The van der Waals surface area contributed by atoms with Crippen LogP contribution in [0.25, 0.3) is 0 Å². The summed E-state index contributed by atoms with van der Waals surface area (Å²) >= 11 is 0. The van der Waals surface area contributed by atoms with E-state index in [1.165, 1.54) is 0 Å². The fourth-order valence-corrected chi connectivity index (χ4v) is 2.52. The number of nitrogens with zero attached hydrogens (tertiary/aromatic N) is 1. The predicted octanol–water partition coefficient (Wildman–Crippen LogP) is 1.42. The lowest BCUT2D eigenvalue weighted by Gasteiger charge is -2.18. The van der Waals surface area contributed by atoms with Crippen LogP contribution in [0.3, 0.4) is 0 Å². The molecule has 2 amide bonds. The maximum Gasteiger partial charge on any atom is 0.320 e. The topological polar surface area (TPSA) is 90.0 Å². The molecule has 24 heavy (non-hydrogen) atoms. The molecular formula is C17H19NO6. The van der Waals surface area contributed by atoms with E-state index in [0.29, 0.717) is 11.1 Å². The van der Waals surface area contributed by atoms with Crippen molar-refractivity contribution in [2.75, 3.05) is 19.8 Å². The highest BCUT2D eigenvalue weighted by Gasteiger charge is 2.37. The van der Waals surface area contributed by atoms with Gasteiger partial charge in [0.25, 0.3) is 11.8 Å². The molecule has 1 aromatic rings. The molecule has 1 aromatic carbocycles. The lowest BCUT2D eigenvalue weighted by Crippen LogP contribution is -2.36. The van der Waals surface area contributed by atoms with Crippen molar-refractivity contribution in [2.45, 2.75) is 20.3 Å². The SMILES string of the molecule is CCOC(=O)C(CCN1C(=O)c2ccccc2C1=O)C(=O)OCC. The first-order valence-corrected chi connectivity index (χ1v) is 7.79. The summed E-state index contributed by atoms with van der Waals surface area (Å²) in [7, 11) is 0. The molecule has 0 bridgehead atoms. The highest BCUT2D eigenvalue weighted by Crippen LogP contribution is 2.23. The summed E-state index contributed by atoms with van der Waals surface area (Å²) in [6, 6.07) is 6.49. The second-order valence-corrected chi connectivity index (χ2v) is 5.15. The van der Waals surface area contributed by atoms with E-state index in [9.17, 15) is 19.2 Å². The number of ether oxygens (including phenoxy) is 2. The largest absolute Gasteiger partial charge is 0.465 e. The van der Waals surface area contributed by atoms with Crippen molar-refractivity contribution in [1.29, 1.82) is 0 Å². The van der Waals surface area contributed by atoms with E-state index in [1.807, 2.05) is 0 Å². The Morgan fingerprint density at radius 1 is 0.958 bits per heavy atom. The summed E-state index contributed by atoms with van der Waals surface area (Å²) in [5.74, 6) is -3.45. The van der Waals surface area contributed by atoms with E-state index in [4.69, 9.17) is 9.47 Å². The highest BCUT2D eigenvalue weighted by molar-refractivity contribution is 6.21. The van der Waals surface area contributed by atoms with Gasteiger partial charge in [-0.05, 0) is 32.4 Å². The minimum atomic E-state index is -1.16. The number of hydrogen-bond donors (Lipinski definition) is 0. The molecule has 1 aliphatic rings. The minimum Gasteiger partial charge on any atom is -0.465 e. The molecule has 7 heteroatoms. The molecule has 0 N–H and O–H groups in total. The predicted molar refractivity (Wildman–Crippen MR) is 83.2 cm³/mol. The Balaban J connectivity index is 2.09. The third kappa shape index (κ3) is 3.45. The lowest BCUT2D eigenvalue weighted by molar-refractivity contribution is -0.162. The van der Waals surface area contributed by atoms with Crippen molar-refractivity contribution in [2.24, 2.45) is 5.92 Å². The van der Waals surface area contributed by atoms with E-state index in [1.54, 1.807) is 38.1 Å². The normalized spacial score (nSPS) is 13.2. The molecule has 1 heterocycles. The monoisotopic (exact) mass is 333 g/mol. The van der Waals surface area contributed by atoms with Crippen molar-refractivity contribution in [3.8, 4) is 0 Å². The molecule has 7 nitrogen and oxygen atoms in total. The quantitative estimate of drug-likeness (QED) is 0.426. The first-order valence-electron chi connectivity index (χ1n) is 7.79. The van der Waals surface area contributed by atoms with E-state index < -0.39 is 29.7 Å². The Hall–Kier alpha value is -2.70. The molecule has 0 atom stereocenters. The van der Waals surface area contributed by atoms with Crippen LogP contribution in [0.15, 0.2) is 24.3 Å². The molecule has 0 spiro atoms. The van der Waals surface area contributed by atoms with Gasteiger partial charge in [0.1, 0.15) is 0 Å². The molecule has 0 saturated carbocycles. The number of hydrogen-bond acceptors (Lipinski definition) is 6. The van der Waals surface area contributed by atoms with Crippen LogP contribution in [0, 0.1) is 5.92 Å². The molecule has 2 rings (SSSR count). The summed E-state index contributed by atoms with van der Waals surface area (Å²) in [5, 5.41) is 0. The van der Waals surface area contributed by atoms with E-state index >= 15 is 0 Å². The summed E-state index contributed by atoms with van der Waals surface area (Å²) in [6.45, 7) is 3.45. The first kappa shape index (κ1) is 17.7. The van der Waals surface area contributed by atoms with Gasteiger partial charge in [0.2, 0.25) is 0 Å². The molecule has 0 saturated heterocycles.